The van der Waals surface area contributed by atoms with E-state index in [1.54, 1.807) is 38.1 Å². The zero-order valence-corrected chi connectivity index (χ0v) is 19.6. The number of benzene rings is 3. The summed E-state index contributed by atoms with van der Waals surface area (Å²) in [6.07, 6.45) is 0.162. The molecule has 0 aliphatic carbocycles. The van der Waals surface area contributed by atoms with Crippen molar-refractivity contribution in [2.75, 3.05) is 5.32 Å². The Morgan fingerprint density at radius 2 is 1.48 bits per heavy atom. The van der Waals surface area contributed by atoms with Gasteiger partial charge < -0.3 is 11.1 Å². The lowest BCUT2D eigenvalue weighted by molar-refractivity contribution is -0.117. The average Bonchev–Trinajstić information content (AvgIpc) is 2.73. The molecule has 0 aliphatic rings. The molecule has 0 radical (unpaired) electrons. The van der Waals surface area contributed by atoms with E-state index in [1.165, 1.54) is 12.1 Å². The lowest BCUT2D eigenvalue weighted by Crippen LogP contribution is -2.45. The molecule has 0 spiro atoms. The molecule has 0 heterocycles. The minimum atomic E-state index is -3.98. The van der Waals surface area contributed by atoms with Gasteiger partial charge in [-0.15, -0.1) is 0 Å². The van der Waals surface area contributed by atoms with Crippen LogP contribution >= 0.6 is 0 Å². The molecule has 0 saturated heterocycles. The Kier molecular flexibility index (Phi) is 7.30. The topological polar surface area (TPSA) is 118 Å². The molecule has 7 nitrogen and oxygen atoms in total. The Labute approximate surface area is 194 Å². The van der Waals surface area contributed by atoms with Gasteiger partial charge >= 0.3 is 0 Å². The Morgan fingerprint density at radius 3 is 2.03 bits per heavy atom. The predicted octanol–water partition coefficient (Wildman–Crippen LogP) is 3.24. The van der Waals surface area contributed by atoms with E-state index in [0.717, 1.165) is 11.1 Å². The lowest BCUT2D eigenvalue weighted by Gasteiger charge is -2.21. The third kappa shape index (κ3) is 6.06. The van der Waals surface area contributed by atoms with Gasteiger partial charge in [-0.25, -0.2) is 8.42 Å². The second kappa shape index (κ2) is 9.97. The van der Waals surface area contributed by atoms with Crippen molar-refractivity contribution in [3.63, 3.8) is 0 Å². The van der Waals surface area contributed by atoms with Crippen LogP contribution < -0.4 is 15.8 Å². The van der Waals surface area contributed by atoms with Crippen LogP contribution in [0.5, 0.6) is 0 Å². The van der Waals surface area contributed by atoms with Crippen LogP contribution in [0, 0.1) is 20.8 Å². The largest absolute Gasteiger partial charge is 0.366 e. The zero-order valence-electron chi connectivity index (χ0n) is 18.8. The smallest absolute Gasteiger partial charge is 0.248 e. The van der Waals surface area contributed by atoms with Crippen molar-refractivity contribution in [2.24, 2.45) is 5.73 Å². The van der Waals surface area contributed by atoms with Gasteiger partial charge in [0, 0.05) is 11.3 Å². The van der Waals surface area contributed by atoms with E-state index in [4.69, 9.17) is 5.73 Å². The average molecular weight is 466 g/mol. The number of carbonyl (C=O) groups excluding carboxylic acids is 2. The normalized spacial score (nSPS) is 12.2. The molecule has 0 unspecified atom stereocenters. The summed E-state index contributed by atoms with van der Waals surface area (Å²) in [5.41, 5.74) is 8.97. The summed E-state index contributed by atoms with van der Waals surface area (Å²) in [4.78, 5) is 24.6. The van der Waals surface area contributed by atoms with Crippen LogP contribution in [0.25, 0.3) is 0 Å². The van der Waals surface area contributed by atoms with Crippen molar-refractivity contribution >= 4 is 27.5 Å². The number of sulfonamides is 1. The Balaban J connectivity index is 1.91. The van der Waals surface area contributed by atoms with Gasteiger partial charge in [0.05, 0.1) is 4.90 Å². The third-order valence-electron chi connectivity index (χ3n) is 5.21. The van der Waals surface area contributed by atoms with Gasteiger partial charge in [-0.3, -0.25) is 9.59 Å². The number of primary amides is 1. The molecule has 2 amide bonds. The Hall–Kier alpha value is -3.49. The first-order chi connectivity index (χ1) is 15.6. The number of nitrogens with one attached hydrogen (secondary N) is 2. The Bertz CT molecular complexity index is 1250. The molecule has 172 valence electrons. The van der Waals surface area contributed by atoms with Gasteiger partial charge in [-0.05, 0) is 68.1 Å². The summed E-state index contributed by atoms with van der Waals surface area (Å²) in [5.74, 6) is -1.09. The van der Waals surface area contributed by atoms with Crippen molar-refractivity contribution in [3.05, 3.63) is 94.5 Å². The summed E-state index contributed by atoms with van der Waals surface area (Å²) in [7, 11) is -3.98. The molecule has 0 aromatic heterocycles. The van der Waals surface area contributed by atoms with Crippen LogP contribution in [0.15, 0.2) is 71.6 Å². The minimum absolute atomic E-state index is 0.162. The maximum absolute atomic E-state index is 13.3. The van der Waals surface area contributed by atoms with Crippen LogP contribution in [0.2, 0.25) is 0 Å². The van der Waals surface area contributed by atoms with E-state index >= 15 is 0 Å². The number of aryl methyl sites for hydroxylation is 3. The fourth-order valence-corrected chi connectivity index (χ4v) is 5.47. The zero-order chi connectivity index (χ0) is 24.2. The van der Waals surface area contributed by atoms with E-state index in [-0.39, 0.29) is 11.3 Å². The maximum Gasteiger partial charge on any atom is 0.248 e. The van der Waals surface area contributed by atoms with E-state index in [0.29, 0.717) is 22.4 Å². The monoisotopic (exact) mass is 465 g/mol. The van der Waals surface area contributed by atoms with Crippen molar-refractivity contribution < 1.29 is 18.0 Å². The van der Waals surface area contributed by atoms with Crippen LogP contribution in [0.1, 0.15) is 32.6 Å². The molecule has 0 fully saturated rings. The highest BCUT2D eigenvalue weighted by Gasteiger charge is 2.28. The summed E-state index contributed by atoms with van der Waals surface area (Å²) < 4.78 is 29.2. The standard InChI is InChI=1S/C25H27N3O4S/c1-16-13-17(2)23(18(3)14-16)33(31,32)28-22(15-19-7-5-4-6-8-19)25(30)27-21-11-9-20(10-12-21)24(26)29/h4-14,22,28H,15H2,1-3H3,(H2,26,29)(H,27,30)/t22-/m1/s1. The molecule has 3 rings (SSSR count). The molecule has 0 bridgehead atoms. The molecular weight excluding hydrogens is 438 g/mol. The minimum Gasteiger partial charge on any atom is -0.366 e. The van der Waals surface area contributed by atoms with Crippen molar-refractivity contribution in [1.82, 2.24) is 4.72 Å². The first-order valence-electron chi connectivity index (χ1n) is 10.4. The van der Waals surface area contributed by atoms with E-state index in [9.17, 15) is 18.0 Å². The van der Waals surface area contributed by atoms with Crippen molar-refractivity contribution in [1.29, 1.82) is 0 Å². The fraction of sp³-hybridized carbons (Fsp3) is 0.200. The number of carbonyl (C=O) groups is 2. The highest BCUT2D eigenvalue weighted by molar-refractivity contribution is 7.89. The quantitative estimate of drug-likeness (QED) is 0.473. The van der Waals surface area contributed by atoms with Gasteiger partial charge in [0.15, 0.2) is 0 Å². The van der Waals surface area contributed by atoms with Gasteiger partial charge in [-0.1, -0.05) is 48.0 Å². The van der Waals surface area contributed by atoms with Crippen LogP contribution in [-0.2, 0) is 21.2 Å². The highest BCUT2D eigenvalue weighted by atomic mass is 32.2. The molecule has 33 heavy (non-hydrogen) atoms. The molecule has 8 heteroatoms. The molecule has 4 N–H and O–H groups in total. The molecule has 0 saturated carbocycles. The molecule has 3 aromatic rings. The first-order valence-corrected chi connectivity index (χ1v) is 11.9. The fourth-order valence-electron chi connectivity index (χ4n) is 3.82. The number of hydrogen-bond donors (Lipinski definition) is 3. The van der Waals surface area contributed by atoms with Crippen LogP contribution in [0.3, 0.4) is 0 Å². The molecule has 0 aliphatic heterocycles. The summed E-state index contributed by atoms with van der Waals surface area (Å²) in [6.45, 7) is 5.38. The number of nitrogens with two attached hydrogens (primary N) is 1. The maximum atomic E-state index is 13.3. The summed E-state index contributed by atoms with van der Waals surface area (Å²) in [5, 5.41) is 2.72. The Morgan fingerprint density at radius 1 is 0.909 bits per heavy atom. The lowest BCUT2D eigenvalue weighted by atomic mass is 10.1. The predicted molar refractivity (Wildman–Crippen MR) is 128 cm³/mol. The van der Waals surface area contributed by atoms with E-state index in [1.807, 2.05) is 37.3 Å². The third-order valence-corrected chi connectivity index (χ3v) is 6.98. The SMILES string of the molecule is Cc1cc(C)c(S(=O)(=O)N[C@H](Cc2ccccc2)C(=O)Nc2ccc(C(N)=O)cc2)c(C)c1. The highest BCUT2D eigenvalue weighted by Crippen LogP contribution is 2.22. The second-order valence-corrected chi connectivity index (χ2v) is 9.67. The molecule has 3 aromatic carbocycles. The van der Waals surface area contributed by atoms with Gasteiger partial charge in [0.25, 0.3) is 0 Å². The van der Waals surface area contributed by atoms with Crippen LogP contribution in [0.4, 0.5) is 5.69 Å². The summed E-state index contributed by atoms with van der Waals surface area (Å²) >= 11 is 0. The summed E-state index contributed by atoms with van der Waals surface area (Å²) in [6, 6.07) is 17.8. The number of amides is 2. The number of hydrogen-bond acceptors (Lipinski definition) is 4. The van der Waals surface area contributed by atoms with E-state index in [2.05, 4.69) is 10.0 Å². The van der Waals surface area contributed by atoms with Crippen LogP contribution in [-0.4, -0.2) is 26.3 Å². The van der Waals surface area contributed by atoms with Crippen molar-refractivity contribution in [2.45, 2.75) is 38.1 Å². The second-order valence-electron chi connectivity index (χ2n) is 8.02. The molecular formula is C25H27N3O4S. The number of rotatable bonds is 8. The van der Waals surface area contributed by atoms with Gasteiger partial charge in [0.2, 0.25) is 21.8 Å². The van der Waals surface area contributed by atoms with Crippen molar-refractivity contribution in [3.8, 4) is 0 Å². The molecule has 1 atom stereocenters. The number of anilines is 1. The van der Waals surface area contributed by atoms with Gasteiger partial charge in [0.1, 0.15) is 6.04 Å². The van der Waals surface area contributed by atoms with E-state index < -0.39 is 27.9 Å². The van der Waals surface area contributed by atoms with Gasteiger partial charge in [-0.2, -0.15) is 4.72 Å². The first kappa shape index (κ1) is 24.2.